The van der Waals surface area contributed by atoms with Gasteiger partial charge in [-0.05, 0) is 44.1 Å². The van der Waals surface area contributed by atoms with Gasteiger partial charge in [0.15, 0.2) is 0 Å². The molecule has 1 aliphatic heterocycles. The third-order valence-electron chi connectivity index (χ3n) is 3.83. The maximum Gasteiger partial charge on any atom is 0.225 e. The lowest BCUT2D eigenvalue weighted by Crippen LogP contribution is -2.32. The fourth-order valence-electron chi connectivity index (χ4n) is 2.68. The van der Waals surface area contributed by atoms with Gasteiger partial charge in [0.25, 0.3) is 0 Å². The van der Waals surface area contributed by atoms with Crippen molar-refractivity contribution in [1.82, 2.24) is 15.1 Å². The van der Waals surface area contributed by atoms with E-state index in [-0.39, 0.29) is 5.91 Å². The van der Waals surface area contributed by atoms with Crippen molar-refractivity contribution in [3.05, 3.63) is 24.4 Å². The van der Waals surface area contributed by atoms with Gasteiger partial charge in [-0.25, -0.2) is 0 Å². The molecule has 0 atom stereocenters. The van der Waals surface area contributed by atoms with Crippen LogP contribution in [0.2, 0.25) is 0 Å². The molecule has 1 aromatic heterocycles. The minimum Gasteiger partial charge on any atom is -0.326 e. The summed E-state index contributed by atoms with van der Waals surface area (Å²) in [6.45, 7) is 3.12. The van der Waals surface area contributed by atoms with E-state index >= 15 is 0 Å². The average molecular weight is 272 g/mol. The van der Waals surface area contributed by atoms with Crippen LogP contribution in [0.1, 0.15) is 25.7 Å². The van der Waals surface area contributed by atoms with Crippen molar-refractivity contribution in [2.45, 2.75) is 25.7 Å². The molecule has 2 N–H and O–H groups in total. The lowest BCUT2D eigenvalue weighted by molar-refractivity contribution is -0.116. The molecule has 1 aromatic carbocycles. The van der Waals surface area contributed by atoms with Crippen LogP contribution in [0.4, 0.5) is 5.69 Å². The van der Waals surface area contributed by atoms with Gasteiger partial charge in [0, 0.05) is 24.0 Å². The minimum atomic E-state index is 0.0782. The first-order valence-electron chi connectivity index (χ1n) is 7.26. The van der Waals surface area contributed by atoms with Gasteiger partial charge in [-0.15, -0.1) is 0 Å². The van der Waals surface area contributed by atoms with E-state index in [1.807, 2.05) is 18.2 Å². The summed E-state index contributed by atoms with van der Waals surface area (Å²) in [5.74, 6) is 0.0782. The van der Waals surface area contributed by atoms with Crippen molar-refractivity contribution in [1.29, 1.82) is 0 Å². The normalized spacial score (nSPS) is 16.4. The largest absolute Gasteiger partial charge is 0.326 e. The van der Waals surface area contributed by atoms with Crippen LogP contribution in [0.15, 0.2) is 24.4 Å². The third kappa shape index (κ3) is 3.17. The van der Waals surface area contributed by atoms with E-state index in [0.29, 0.717) is 6.42 Å². The van der Waals surface area contributed by atoms with Gasteiger partial charge in [-0.3, -0.25) is 9.89 Å². The van der Waals surface area contributed by atoms with Crippen molar-refractivity contribution in [3.63, 3.8) is 0 Å². The first kappa shape index (κ1) is 13.1. The molecule has 0 unspecified atom stereocenters. The van der Waals surface area contributed by atoms with Crippen LogP contribution in [0.5, 0.6) is 0 Å². The van der Waals surface area contributed by atoms with E-state index < -0.39 is 0 Å². The number of aromatic nitrogens is 2. The average Bonchev–Trinajstić information content (AvgIpc) is 2.94. The molecule has 20 heavy (non-hydrogen) atoms. The zero-order chi connectivity index (χ0) is 13.8. The van der Waals surface area contributed by atoms with E-state index in [1.165, 1.54) is 19.3 Å². The molecule has 2 heterocycles. The Bertz CT molecular complexity index is 586. The van der Waals surface area contributed by atoms with E-state index in [4.69, 9.17) is 0 Å². The van der Waals surface area contributed by atoms with Gasteiger partial charge in [-0.1, -0.05) is 6.42 Å². The first-order valence-corrected chi connectivity index (χ1v) is 7.26. The highest BCUT2D eigenvalue weighted by Gasteiger charge is 2.11. The highest BCUT2D eigenvalue weighted by Crippen LogP contribution is 2.16. The first-order chi connectivity index (χ1) is 9.81. The summed E-state index contributed by atoms with van der Waals surface area (Å²) in [7, 11) is 0. The van der Waals surface area contributed by atoms with Crippen molar-refractivity contribution in [3.8, 4) is 0 Å². The zero-order valence-electron chi connectivity index (χ0n) is 11.6. The number of fused-ring (bicyclic) bond motifs is 1. The topological polar surface area (TPSA) is 61.0 Å². The SMILES string of the molecule is O=C(CCN1CCCCC1)Nc1ccc2cn[nH]c2c1. The maximum absolute atomic E-state index is 12.0. The Morgan fingerprint density at radius 1 is 1.30 bits per heavy atom. The summed E-state index contributed by atoms with van der Waals surface area (Å²) in [6.07, 6.45) is 6.18. The van der Waals surface area contributed by atoms with Crippen LogP contribution < -0.4 is 5.32 Å². The lowest BCUT2D eigenvalue weighted by atomic mass is 10.1. The Hall–Kier alpha value is -1.88. The lowest BCUT2D eigenvalue weighted by Gasteiger charge is -2.25. The molecule has 2 aromatic rings. The molecule has 0 aliphatic carbocycles. The molecule has 0 radical (unpaired) electrons. The number of hydrogen-bond acceptors (Lipinski definition) is 3. The van der Waals surface area contributed by atoms with Gasteiger partial charge in [0.1, 0.15) is 0 Å². The number of H-pyrrole nitrogens is 1. The number of anilines is 1. The van der Waals surface area contributed by atoms with Crippen LogP contribution in [0.3, 0.4) is 0 Å². The van der Waals surface area contributed by atoms with Crippen LogP contribution in [0, 0.1) is 0 Å². The van der Waals surface area contributed by atoms with E-state index in [1.54, 1.807) is 6.20 Å². The Morgan fingerprint density at radius 3 is 3.00 bits per heavy atom. The molecular formula is C15H20N4O. The van der Waals surface area contributed by atoms with Crippen molar-refractivity contribution in [2.24, 2.45) is 0 Å². The number of carbonyl (C=O) groups excluding carboxylic acids is 1. The van der Waals surface area contributed by atoms with Gasteiger partial charge in [0.2, 0.25) is 5.91 Å². The smallest absolute Gasteiger partial charge is 0.225 e. The number of carbonyl (C=O) groups is 1. The zero-order valence-corrected chi connectivity index (χ0v) is 11.6. The van der Waals surface area contributed by atoms with Gasteiger partial charge >= 0.3 is 0 Å². The molecule has 106 valence electrons. The van der Waals surface area contributed by atoms with Crippen molar-refractivity contribution in [2.75, 3.05) is 25.0 Å². The number of rotatable bonds is 4. The van der Waals surface area contributed by atoms with Gasteiger partial charge in [0.05, 0.1) is 11.7 Å². The second kappa shape index (κ2) is 6.05. The summed E-state index contributed by atoms with van der Waals surface area (Å²) < 4.78 is 0. The van der Waals surface area contributed by atoms with E-state index in [9.17, 15) is 4.79 Å². The van der Waals surface area contributed by atoms with Crippen LogP contribution in [-0.4, -0.2) is 40.6 Å². The molecule has 5 nitrogen and oxygen atoms in total. The number of nitrogens with one attached hydrogen (secondary N) is 2. The molecule has 1 fully saturated rings. The van der Waals surface area contributed by atoms with Crippen LogP contribution in [-0.2, 0) is 4.79 Å². The Balaban J connectivity index is 1.52. The van der Waals surface area contributed by atoms with Crippen molar-refractivity contribution < 1.29 is 4.79 Å². The fourth-order valence-corrected chi connectivity index (χ4v) is 2.68. The Kier molecular flexibility index (Phi) is 3.97. The number of piperidine rings is 1. The van der Waals surface area contributed by atoms with Crippen LogP contribution in [0.25, 0.3) is 10.9 Å². The highest BCUT2D eigenvalue weighted by atomic mass is 16.1. The summed E-state index contributed by atoms with van der Waals surface area (Å²) >= 11 is 0. The standard InChI is InChI=1S/C15H20N4O/c20-15(6-9-19-7-2-1-3-8-19)17-13-5-4-12-11-16-18-14(12)10-13/h4-5,10-11H,1-3,6-9H2,(H,16,18)(H,17,20). The predicted molar refractivity (Wildman–Crippen MR) is 79.6 cm³/mol. The number of hydrogen-bond donors (Lipinski definition) is 2. The van der Waals surface area contributed by atoms with Crippen molar-refractivity contribution >= 4 is 22.5 Å². The van der Waals surface area contributed by atoms with E-state index in [2.05, 4.69) is 20.4 Å². The second-order valence-electron chi connectivity index (χ2n) is 5.37. The fraction of sp³-hybridized carbons (Fsp3) is 0.467. The molecule has 1 amide bonds. The number of likely N-dealkylation sites (tertiary alicyclic amines) is 1. The Morgan fingerprint density at radius 2 is 2.15 bits per heavy atom. The number of amides is 1. The molecule has 1 aliphatic rings. The predicted octanol–water partition coefficient (Wildman–Crippen LogP) is 2.38. The number of nitrogens with zero attached hydrogens (tertiary/aromatic N) is 2. The molecule has 1 saturated heterocycles. The number of benzene rings is 1. The molecule has 0 saturated carbocycles. The summed E-state index contributed by atoms with van der Waals surface area (Å²) in [4.78, 5) is 14.3. The summed E-state index contributed by atoms with van der Waals surface area (Å²) in [5, 5.41) is 10.9. The molecule has 0 bridgehead atoms. The monoisotopic (exact) mass is 272 g/mol. The van der Waals surface area contributed by atoms with Crippen LogP contribution >= 0.6 is 0 Å². The molecule has 5 heteroatoms. The summed E-state index contributed by atoms with van der Waals surface area (Å²) in [5.41, 5.74) is 1.77. The van der Waals surface area contributed by atoms with E-state index in [0.717, 1.165) is 36.2 Å². The minimum absolute atomic E-state index is 0.0782. The third-order valence-corrected chi connectivity index (χ3v) is 3.83. The maximum atomic E-state index is 12.0. The van der Waals surface area contributed by atoms with Gasteiger partial charge < -0.3 is 10.2 Å². The molecule has 0 spiro atoms. The quantitative estimate of drug-likeness (QED) is 0.898. The number of aromatic amines is 1. The molecule has 3 rings (SSSR count). The highest BCUT2D eigenvalue weighted by molar-refractivity contribution is 5.93. The molecular weight excluding hydrogens is 252 g/mol. The summed E-state index contributed by atoms with van der Waals surface area (Å²) in [6, 6.07) is 5.79. The Labute approximate surface area is 118 Å². The van der Waals surface area contributed by atoms with Gasteiger partial charge in [-0.2, -0.15) is 5.10 Å². The second-order valence-corrected chi connectivity index (χ2v) is 5.37.